The summed E-state index contributed by atoms with van der Waals surface area (Å²) in [6.07, 6.45) is 1.74. The maximum absolute atomic E-state index is 15.2. The van der Waals surface area contributed by atoms with Gasteiger partial charge in [-0.1, -0.05) is 0 Å². The van der Waals surface area contributed by atoms with Crippen LogP contribution >= 0.6 is 22.6 Å². The second-order valence-corrected chi connectivity index (χ2v) is 9.34. The molecule has 1 unspecified atom stereocenters. The lowest BCUT2D eigenvalue weighted by atomic mass is 9.95. The number of carboxylic acid groups (broad SMARTS) is 1. The van der Waals surface area contributed by atoms with Gasteiger partial charge >= 0.3 is 6.09 Å². The number of aromatic nitrogens is 4. The van der Waals surface area contributed by atoms with E-state index in [0.29, 0.717) is 45.8 Å². The second kappa shape index (κ2) is 8.28. The van der Waals surface area contributed by atoms with E-state index in [1.165, 1.54) is 0 Å². The van der Waals surface area contributed by atoms with Crippen LogP contribution in [0.4, 0.5) is 15.0 Å². The summed E-state index contributed by atoms with van der Waals surface area (Å²) < 4.78 is 23.6. The first kappa shape index (κ1) is 21.1. The number of nitrogens with zero attached hydrogens (tertiary/aromatic N) is 5. The summed E-state index contributed by atoms with van der Waals surface area (Å²) in [5, 5.41) is 26.0. The molecule has 3 N–H and O–H groups in total. The van der Waals surface area contributed by atoms with Gasteiger partial charge in [0.15, 0.2) is 21.4 Å². The van der Waals surface area contributed by atoms with Crippen molar-refractivity contribution in [1.29, 1.82) is 0 Å². The largest absolute Gasteiger partial charge is 0.465 e. The molecule has 31 heavy (non-hydrogen) atoms. The van der Waals surface area contributed by atoms with Gasteiger partial charge in [0.1, 0.15) is 17.4 Å². The second-order valence-electron chi connectivity index (χ2n) is 8.32. The normalized spacial score (nSPS) is 30.7. The number of alkyl halides is 1. The van der Waals surface area contributed by atoms with Crippen molar-refractivity contribution in [3.8, 4) is 0 Å². The molecule has 5 heterocycles. The fourth-order valence-electron chi connectivity index (χ4n) is 5.14. The van der Waals surface area contributed by atoms with Gasteiger partial charge in [-0.05, 0) is 61.1 Å². The predicted octanol–water partition coefficient (Wildman–Crippen LogP) is 2.34. The molecule has 1 amide bonds. The molecule has 0 aliphatic carbocycles. The van der Waals surface area contributed by atoms with E-state index >= 15 is 4.39 Å². The van der Waals surface area contributed by atoms with Crippen molar-refractivity contribution in [2.24, 2.45) is 0 Å². The molecule has 2 aromatic heterocycles. The summed E-state index contributed by atoms with van der Waals surface area (Å²) >= 11 is 2.10. The Morgan fingerprint density at radius 2 is 2.13 bits per heavy atom. The zero-order chi connectivity index (χ0) is 21.7. The van der Waals surface area contributed by atoms with E-state index in [4.69, 9.17) is 14.8 Å². The van der Waals surface area contributed by atoms with E-state index in [-0.39, 0.29) is 18.9 Å². The standard InChI is InChI=1S/C19H24FIN6O4/c20-14-10(23-19(29)30)7-9-4-5-12(14)26(9)17-11(8-28)22-15-16(21)25-27(18(15)24-17)13-3-1-2-6-31-13/h9-10,12-14,23,28H,1-8H2,(H,29,30)/t9-,10+,12+,13?,14+/m1/s1. The third kappa shape index (κ3) is 3.61. The van der Waals surface area contributed by atoms with Crippen molar-refractivity contribution in [3.63, 3.8) is 0 Å². The molecule has 10 nitrogen and oxygen atoms in total. The number of nitrogens with one attached hydrogen (secondary N) is 1. The number of aliphatic hydroxyl groups is 1. The first-order valence-electron chi connectivity index (χ1n) is 10.6. The number of anilines is 1. The molecule has 3 saturated heterocycles. The molecule has 12 heteroatoms. The number of fused-ring (bicyclic) bond motifs is 3. The van der Waals surface area contributed by atoms with Crippen LogP contribution in [0.2, 0.25) is 0 Å². The molecule has 5 atom stereocenters. The molecule has 3 fully saturated rings. The van der Waals surface area contributed by atoms with Gasteiger partial charge in [-0.15, -0.1) is 0 Å². The average molecular weight is 546 g/mol. The summed E-state index contributed by atoms with van der Waals surface area (Å²) in [7, 11) is 0. The number of carbonyl (C=O) groups is 1. The summed E-state index contributed by atoms with van der Waals surface area (Å²) in [6, 6.07) is -1.34. The molecule has 3 aliphatic rings. The van der Waals surface area contributed by atoms with Crippen LogP contribution in [0.15, 0.2) is 0 Å². The molecular weight excluding hydrogens is 522 g/mol. The van der Waals surface area contributed by atoms with E-state index < -0.39 is 24.3 Å². The highest BCUT2D eigenvalue weighted by atomic mass is 127. The molecule has 0 spiro atoms. The molecule has 3 aliphatic heterocycles. The summed E-state index contributed by atoms with van der Waals surface area (Å²) in [4.78, 5) is 22.4. The van der Waals surface area contributed by atoms with Crippen LogP contribution < -0.4 is 10.2 Å². The monoisotopic (exact) mass is 546 g/mol. The van der Waals surface area contributed by atoms with Gasteiger partial charge in [0.25, 0.3) is 0 Å². The highest BCUT2D eigenvalue weighted by Gasteiger charge is 2.49. The van der Waals surface area contributed by atoms with Gasteiger partial charge in [0.05, 0.1) is 18.7 Å². The van der Waals surface area contributed by atoms with Crippen molar-refractivity contribution in [1.82, 2.24) is 25.1 Å². The van der Waals surface area contributed by atoms with Gasteiger partial charge in [-0.25, -0.2) is 23.8 Å². The van der Waals surface area contributed by atoms with Crippen LogP contribution in [0.5, 0.6) is 0 Å². The van der Waals surface area contributed by atoms with Crippen molar-refractivity contribution >= 4 is 45.7 Å². The van der Waals surface area contributed by atoms with E-state index in [0.717, 1.165) is 25.7 Å². The topological polar surface area (TPSA) is 126 Å². The van der Waals surface area contributed by atoms with Crippen LogP contribution in [0.25, 0.3) is 11.2 Å². The fraction of sp³-hybridized carbons (Fsp3) is 0.684. The summed E-state index contributed by atoms with van der Waals surface area (Å²) in [5.41, 5.74) is 1.53. The van der Waals surface area contributed by atoms with Crippen molar-refractivity contribution in [2.75, 3.05) is 11.5 Å². The number of aliphatic hydroxyl groups excluding tert-OH is 1. The quantitative estimate of drug-likeness (QED) is 0.500. The molecule has 0 saturated carbocycles. The number of ether oxygens (including phenoxy) is 1. The zero-order valence-corrected chi connectivity index (χ0v) is 18.9. The number of hydrogen-bond donors (Lipinski definition) is 3. The molecule has 2 aromatic rings. The van der Waals surface area contributed by atoms with E-state index in [1.807, 2.05) is 4.90 Å². The molecule has 2 bridgehead atoms. The average Bonchev–Trinajstić information content (AvgIpc) is 3.28. The third-order valence-electron chi connectivity index (χ3n) is 6.49. The minimum absolute atomic E-state index is 0.0766. The van der Waals surface area contributed by atoms with Crippen LogP contribution in [-0.2, 0) is 11.3 Å². The Morgan fingerprint density at radius 3 is 2.84 bits per heavy atom. The number of rotatable bonds is 4. The van der Waals surface area contributed by atoms with Crippen LogP contribution in [-0.4, -0.2) is 67.0 Å². The SMILES string of the molecule is O=C(O)N[C@H]1C[C@H]2CC[C@@H]([C@H]1F)N2c1nc2c(nc1CO)c(I)nn2C1CCCCO1. The molecule has 0 aromatic carbocycles. The highest BCUT2D eigenvalue weighted by molar-refractivity contribution is 14.1. The predicted molar refractivity (Wildman–Crippen MR) is 117 cm³/mol. The molecular formula is C19H24FIN6O4. The number of halogens is 2. The Labute approximate surface area is 191 Å². The van der Waals surface area contributed by atoms with Crippen molar-refractivity contribution < 1.29 is 24.1 Å². The molecule has 5 rings (SSSR count). The van der Waals surface area contributed by atoms with Gasteiger partial charge in [0.2, 0.25) is 0 Å². The third-order valence-corrected chi connectivity index (χ3v) is 7.22. The first-order valence-corrected chi connectivity index (χ1v) is 11.6. The first-order chi connectivity index (χ1) is 15.0. The van der Waals surface area contributed by atoms with Crippen LogP contribution in [0.1, 0.15) is 50.4 Å². The van der Waals surface area contributed by atoms with Gasteiger partial charge < -0.3 is 25.2 Å². The lowest BCUT2D eigenvalue weighted by Gasteiger charge is -2.42. The van der Waals surface area contributed by atoms with Crippen molar-refractivity contribution in [3.05, 3.63) is 9.39 Å². The Hall–Kier alpha value is -1.80. The van der Waals surface area contributed by atoms with Gasteiger partial charge in [-0.3, -0.25) is 0 Å². The maximum atomic E-state index is 15.2. The van der Waals surface area contributed by atoms with Crippen LogP contribution in [0.3, 0.4) is 0 Å². The Balaban J connectivity index is 1.56. The van der Waals surface area contributed by atoms with E-state index in [9.17, 15) is 9.90 Å². The molecule has 0 radical (unpaired) electrons. The minimum atomic E-state index is -1.37. The number of hydrogen-bond acceptors (Lipinski definition) is 7. The smallest absolute Gasteiger partial charge is 0.404 e. The Bertz CT molecular complexity index is 999. The number of piperidine rings is 1. The Kier molecular flexibility index (Phi) is 5.63. The van der Waals surface area contributed by atoms with E-state index in [2.05, 4.69) is 38.0 Å². The minimum Gasteiger partial charge on any atom is -0.465 e. The maximum Gasteiger partial charge on any atom is 0.404 e. The van der Waals surface area contributed by atoms with Gasteiger partial charge in [0, 0.05) is 12.6 Å². The lowest BCUT2D eigenvalue weighted by molar-refractivity contribution is -0.0372. The molecule has 168 valence electrons. The lowest BCUT2D eigenvalue weighted by Crippen LogP contribution is -2.58. The van der Waals surface area contributed by atoms with Crippen LogP contribution in [0, 0.1) is 3.70 Å². The van der Waals surface area contributed by atoms with E-state index in [1.54, 1.807) is 4.68 Å². The Morgan fingerprint density at radius 1 is 1.29 bits per heavy atom. The fourth-order valence-corrected chi connectivity index (χ4v) is 5.74. The summed E-state index contributed by atoms with van der Waals surface area (Å²) in [5.74, 6) is 0.451. The van der Waals surface area contributed by atoms with Crippen molar-refractivity contribution in [2.45, 2.75) is 75.7 Å². The highest BCUT2D eigenvalue weighted by Crippen LogP contribution is 2.42. The number of amides is 1. The zero-order valence-electron chi connectivity index (χ0n) is 16.7. The summed E-state index contributed by atoms with van der Waals surface area (Å²) in [6.45, 7) is 0.332. The van der Waals surface area contributed by atoms with Gasteiger partial charge in [-0.2, -0.15) is 5.10 Å².